The summed E-state index contributed by atoms with van der Waals surface area (Å²) in [5.74, 6) is 1.42. The lowest BCUT2D eigenvalue weighted by atomic mass is 10.3. The van der Waals surface area contributed by atoms with Crippen LogP contribution in [0.2, 0.25) is 0 Å². The van der Waals surface area contributed by atoms with Gasteiger partial charge in [0.2, 0.25) is 10.0 Å². The van der Waals surface area contributed by atoms with Crippen LogP contribution in [-0.4, -0.2) is 26.6 Å². The van der Waals surface area contributed by atoms with Crippen molar-refractivity contribution in [3.8, 4) is 22.3 Å². The van der Waals surface area contributed by atoms with Crippen molar-refractivity contribution in [2.45, 2.75) is 32.2 Å². The Labute approximate surface area is 168 Å². The number of thiazole rings is 1. The molecule has 2 heterocycles. The maximum Gasteiger partial charge on any atom is 0.244 e. The molecule has 0 fully saturated rings. The van der Waals surface area contributed by atoms with E-state index in [-0.39, 0.29) is 17.2 Å². The third kappa shape index (κ3) is 4.54. The summed E-state index contributed by atoms with van der Waals surface area (Å²) < 4.78 is 44.8. The predicted molar refractivity (Wildman–Crippen MR) is 107 cm³/mol. The molecule has 3 rings (SSSR count). The van der Waals surface area contributed by atoms with E-state index in [2.05, 4.69) is 9.71 Å². The fourth-order valence-corrected chi connectivity index (χ4v) is 4.78. The van der Waals surface area contributed by atoms with Crippen molar-refractivity contribution in [3.63, 3.8) is 0 Å². The smallest absolute Gasteiger partial charge is 0.244 e. The van der Waals surface area contributed by atoms with Crippen molar-refractivity contribution < 1.29 is 22.3 Å². The van der Waals surface area contributed by atoms with E-state index in [9.17, 15) is 8.42 Å². The zero-order valence-electron chi connectivity index (χ0n) is 15.9. The third-order valence-corrected chi connectivity index (χ3v) is 6.46. The molecule has 0 spiro atoms. The van der Waals surface area contributed by atoms with E-state index in [1.807, 2.05) is 19.9 Å². The molecule has 0 atom stereocenters. The second kappa shape index (κ2) is 8.76. The highest BCUT2D eigenvalue weighted by atomic mass is 32.2. The van der Waals surface area contributed by atoms with E-state index >= 15 is 0 Å². The molecule has 28 heavy (non-hydrogen) atoms. The summed E-state index contributed by atoms with van der Waals surface area (Å²) in [7, 11) is -3.81. The minimum absolute atomic E-state index is 0.0497. The zero-order chi connectivity index (χ0) is 20.1. The molecule has 150 valence electrons. The van der Waals surface area contributed by atoms with E-state index < -0.39 is 10.0 Å². The molecule has 0 unspecified atom stereocenters. The number of rotatable bonds is 9. The van der Waals surface area contributed by atoms with Crippen LogP contribution in [0.25, 0.3) is 10.8 Å². The molecule has 3 aromatic rings. The number of aryl methyl sites for hydroxylation is 1. The first-order valence-corrected chi connectivity index (χ1v) is 11.1. The Bertz CT molecular complexity index is 1030. The van der Waals surface area contributed by atoms with Crippen LogP contribution in [0.15, 0.2) is 45.9 Å². The Morgan fingerprint density at radius 3 is 2.64 bits per heavy atom. The summed E-state index contributed by atoms with van der Waals surface area (Å²) in [6.45, 7) is 6.40. The summed E-state index contributed by atoms with van der Waals surface area (Å²) in [4.78, 5) is 5.32. The molecule has 1 N–H and O–H groups in total. The SMILES string of the molecule is CCOc1ccc(OCC)c(S(=O)(=O)NCc2sc(-c3ccco3)nc2C)c1. The van der Waals surface area contributed by atoms with Crippen LogP contribution in [0.1, 0.15) is 24.4 Å². The molecule has 0 amide bonds. The minimum atomic E-state index is -3.81. The van der Waals surface area contributed by atoms with Crippen LogP contribution in [0.3, 0.4) is 0 Å². The molecule has 9 heteroatoms. The van der Waals surface area contributed by atoms with Crippen molar-refractivity contribution >= 4 is 21.4 Å². The van der Waals surface area contributed by atoms with Gasteiger partial charge in [-0.15, -0.1) is 11.3 Å². The van der Waals surface area contributed by atoms with Gasteiger partial charge in [-0.25, -0.2) is 18.1 Å². The van der Waals surface area contributed by atoms with Crippen LogP contribution in [0.4, 0.5) is 0 Å². The molecule has 0 bridgehead atoms. The molecule has 0 radical (unpaired) electrons. The zero-order valence-corrected chi connectivity index (χ0v) is 17.5. The minimum Gasteiger partial charge on any atom is -0.494 e. The lowest BCUT2D eigenvalue weighted by molar-refractivity contribution is 0.322. The molecular weight excluding hydrogens is 400 g/mol. The van der Waals surface area contributed by atoms with Gasteiger partial charge in [-0.3, -0.25) is 0 Å². The van der Waals surface area contributed by atoms with Crippen molar-refractivity contribution in [2.75, 3.05) is 13.2 Å². The number of hydrogen-bond acceptors (Lipinski definition) is 7. The van der Waals surface area contributed by atoms with Gasteiger partial charge in [-0.1, -0.05) is 0 Å². The van der Waals surface area contributed by atoms with Crippen molar-refractivity contribution in [2.24, 2.45) is 0 Å². The second-order valence-corrected chi connectivity index (χ2v) is 8.62. The number of nitrogens with one attached hydrogen (secondary N) is 1. The van der Waals surface area contributed by atoms with E-state index in [0.29, 0.717) is 29.7 Å². The maximum absolute atomic E-state index is 12.9. The Morgan fingerprint density at radius 2 is 1.96 bits per heavy atom. The average molecular weight is 423 g/mol. The lowest BCUT2D eigenvalue weighted by Crippen LogP contribution is -2.24. The number of aromatic nitrogens is 1. The molecule has 0 saturated carbocycles. The maximum atomic E-state index is 12.9. The average Bonchev–Trinajstić information content (AvgIpc) is 3.31. The van der Waals surface area contributed by atoms with E-state index in [0.717, 1.165) is 10.6 Å². The lowest BCUT2D eigenvalue weighted by Gasteiger charge is -2.13. The summed E-state index contributed by atoms with van der Waals surface area (Å²) in [6.07, 6.45) is 1.58. The quantitative estimate of drug-likeness (QED) is 0.561. The number of ether oxygens (including phenoxy) is 2. The van der Waals surface area contributed by atoms with Gasteiger partial charge >= 0.3 is 0 Å². The van der Waals surface area contributed by atoms with E-state index in [1.165, 1.54) is 17.4 Å². The normalized spacial score (nSPS) is 11.5. The molecule has 0 aliphatic rings. The highest BCUT2D eigenvalue weighted by Crippen LogP contribution is 2.31. The van der Waals surface area contributed by atoms with Crippen LogP contribution in [0.5, 0.6) is 11.5 Å². The van der Waals surface area contributed by atoms with Gasteiger partial charge in [0.15, 0.2) is 10.8 Å². The van der Waals surface area contributed by atoms with Crippen LogP contribution >= 0.6 is 11.3 Å². The summed E-state index contributed by atoms with van der Waals surface area (Å²) in [5, 5.41) is 0.713. The van der Waals surface area contributed by atoms with E-state index in [1.54, 1.807) is 31.4 Å². The second-order valence-electron chi connectivity index (χ2n) is 5.80. The van der Waals surface area contributed by atoms with Crippen LogP contribution in [0, 0.1) is 6.92 Å². The van der Waals surface area contributed by atoms with Gasteiger partial charge in [0, 0.05) is 17.5 Å². The summed E-state index contributed by atoms with van der Waals surface area (Å²) >= 11 is 1.39. The van der Waals surface area contributed by atoms with Crippen molar-refractivity contribution in [1.29, 1.82) is 0 Å². The first kappa shape index (κ1) is 20.4. The predicted octanol–water partition coefficient (Wildman–Crippen LogP) is 3.99. The number of hydrogen-bond donors (Lipinski definition) is 1. The molecule has 0 saturated heterocycles. The van der Waals surface area contributed by atoms with Gasteiger partial charge in [0.25, 0.3) is 0 Å². The summed E-state index contributed by atoms with van der Waals surface area (Å²) in [5.41, 5.74) is 0.757. The number of furan rings is 1. The monoisotopic (exact) mass is 422 g/mol. The summed E-state index contributed by atoms with van der Waals surface area (Å²) in [6, 6.07) is 8.38. The van der Waals surface area contributed by atoms with Gasteiger partial charge in [0.1, 0.15) is 16.4 Å². The Kier molecular flexibility index (Phi) is 6.38. The Balaban J connectivity index is 1.83. The Morgan fingerprint density at radius 1 is 1.18 bits per heavy atom. The van der Waals surface area contributed by atoms with Crippen molar-refractivity contribution in [1.82, 2.24) is 9.71 Å². The molecule has 0 aliphatic heterocycles. The van der Waals surface area contributed by atoms with Crippen molar-refractivity contribution in [3.05, 3.63) is 47.2 Å². The molecule has 2 aromatic heterocycles. The van der Waals surface area contributed by atoms with Crippen LogP contribution < -0.4 is 14.2 Å². The fraction of sp³-hybridized carbons (Fsp3) is 0.316. The van der Waals surface area contributed by atoms with Gasteiger partial charge in [-0.2, -0.15) is 0 Å². The highest BCUT2D eigenvalue weighted by Gasteiger charge is 2.22. The molecule has 0 aliphatic carbocycles. The number of nitrogens with zero attached hydrogens (tertiary/aromatic N) is 1. The number of benzene rings is 1. The Hall–Kier alpha value is -2.36. The molecule has 7 nitrogen and oxygen atoms in total. The van der Waals surface area contributed by atoms with E-state index in [4.69, 9.17) is 13.9 Å². The van der Waals surface area contributed by atoms with Crippen LogP contribution in [-0.2, 0) is 16.6 Å². The molecule has 1 aromatic carbocycles. The first-order chi connectivity index (χ1) is 13.4. The first-order valence-electron chi connectivity index (χ1n) is 8.84. The standard InChI is InChI=1S/C19H22N2O5S2/c1-4-24-14-8-9-15(25-5-2)18(11-14)28(22,23)20-12-17-13(3)21-19(27-17)16-7-6-10-26-16/h6-11,20H,4-5,12H2,1-3H3. The van der Waals surface area contributed by atoms with Gasteiger partial charge < -0.3 is 13.9 Å². The van der Waals surface area contributed by atoms with Gasteiger partial charge in [-0.05, 0) is 45.0 Å². The molecular formula is C19H22N2O5S2. The highest BCUT2D eigenvalue weighted by molar-refractivity contribution is 7.89. The van der Waals surface area contributed by atoms with Gasteiger partial charge in [0.05, 0.1) is 25.2 Å². The number of sulfonamides is 1. The topological polar surface area (TPSA) is 90.7 Å². The largest absolute Gasteiger partial charge is 0.494 e. The third-order valence-electron chi connectivity index (χ3n) is 3.86. The fourth-order valence-electron chi connectivity index (χ4n) is 2.57.